The van der Waals surface area contributed by atoms with Gasteiger partial charge in [0, 0.05) is 49.9 Å². The molecule has 0 bridgehead atoms. The summed E-state index contributed by atoms with van der Waals surface area (Å²) in [6.45, 7) is 2.18. The molecule has 156 valence electrons. The fraction of sp³-hybridized carbons (Fsp3) is 0.316. The minimum Gasteiger partial charge on any atom is -0.326 e. The highest BCUT2D eigenvalue weighted by atomic mass is 35.5. The van der Waals surface area contributed by atoms with E-state index in [9.17, 15) is 13.2 Å². The van der Waals surface area contributed by atoms with Gasteiger partial charge in [0.2, 0.25) is 15.9 Å². The standard InChI is InChI=1S/C19H20Cl3N3O3S/c20-14-3-1-4-15(13-14)23-18(26)7-8-24-9-11-25(12-10-24)29(27,28)19-16(21)5-2-6-17(19)22/h1-6,13H,7-12H2,(H,23,26). The van der Waals surface area contributed by atoms with Gasteiger partial charge in [-0.1, -0.05) is 46.9 Å². The summed E-state index contributed by atoms with van der Waals surface area (Å²) in [6.07, 6.45) is 0.301. The number of sulfonamides is 1. The summed E-state index contributed by atoms with van der Waals surface area (Å²) < 4.78 is 27.2. The number of hydrogen-bond donors (Lipinski definition) is 1. The first-order chi connectivity index (χ1) is 13.8. The lowest BCUT2D eigenvalue weighted by molar-refractivity contribution is -0.116. The van der Waals surface area contributed by atoms with Crippen LogP contribution in [0.25, 0.3) is 0 Å². The van der Waals surface area contributed by atoms with E-state index in [0.717, 1.165) is 0 Å². The average molecular weight is 477 g/mol. The number of nitrogens with one attached hydrogen (secondary N) is 1. The molecule has 1 heterocycles. The highest BCUT2D eigenvalue weighted by Gasteiger charge is 2.31. The predicted molar refractivity (Wildman–Crippen MR) is 116 cm³/mol. The number of carbonyl (C=O) groups is 1. The van der Waals surface area contributed by atoms with Crippen LogP contribution in [-0.4, -0.2) is 56.3 Å². The molecule has 29 heavy (non-hydrogen) atoms. The largest absolute Gasteiger partial charge is 0.326 e. The molecule has 2 aromatic carbocycles. The molecule has 10 heteroatoms. The monoisotopic (exact) mass is 475 g/mol. The van der Waals surface area contributed by atoms with Crippen molar-refractivity contribution in [3.05, 3.63) is 57.5 Å². The molecule has 1 aliphatic heterocycles. The fourth-order valence-electron chi connectivity index (χ4n) is 3.10. The lowest BCUT2D eigenvalue weighted by atomic mass is 10.3. The second-order valence-corrected chi connectivity index (χ2v) is 9.73. The van der Waals surface area contributed by atoms with E-state index in [-0.39, 0.29) is 20.8 Å². The Morgan fingerprint density at radius 3 is 2.21 bits per heavy atom. The van der Waals surface area contributed by atoms with E-state index >= 15 is 0 Å². The minimum atomic E-state index is -3.77. The Labute approximate surface area is 185 Å². The van der Waals surface area contributed by atoms with Crippen molar-refractivity contribution in [2.75, 3.05) is 38.0 Å². The highest BCUT2D eigenvalue weighted by molar-refractivity contribution is 7.89. The molecule has 0 aromatic heterocycles. The summed E-state index contributed by atoms with van der Waals surface area (Å²) >= 11 is 18.1. The summed E-state index contributed by atoms with van der Waals surface area (Å²) in [5, 5.41) is 3.58. The van der Waals surface area contributed by atoms with Gasteiger partial charge in [0.15, 0.2) is 0 Å². The van der Waals surface area contributed by atoms with E-state index in [1.807, 2.05) is 0 Å². The number of amides is 1. The van der Waals surface area contributed by atoms with Gasteiger partial charge in [-0.25, -0.2) is 8.42 Å². The van der Waals surface area contributed by atoms with Crippen LogP contribution in [-0.2, 0) is 14.8 Å². The summed E-state index contributed by atoms with van der Waals surface area (Å²) in [5.74, 6) is -0.120. The molecule has 2 aromatic rings. The van der Waals surface area contributed by atoms with Crippen LogP contribution in [0, 0.1) is 0 Å². The normalized spacial score (nSPS) is 16.0. The number of benzene rings is 2. The van der Waals surface area contributed by atoms with Crippen LogP contribution >= 0.6 is 34.8 Å². The van der Waals surface area contributed by atoms with E-state index in [1.165, 1.54) is 16.4 Å². The zero-order chi connectivity index (χ0) is 21.0. The van der Waals surface area contributed by atoms with Crippen LogP contribution in [0.1, 0.15) is 6.42 Å². The van der Waals surface area contributed by atoms with Crippen LogP contribution in [0.5, 0.6) is 0 Å². The minimum absolute atomic E-state index is 0.0577. The van der Waals surface area contributed by atoms with Crippen LogP contribution in [0.2, 0.25) is 15.1 Å². The van der Waals surface area contributed by atoms with Crippen molar-refractivity contribution in [3.63, 3.8) is 0 Å². The van der Waals surface area contributed by atoms with Gasteiger partial charge < -0.3 is 10.2 Å². The Morgan fingerprint density at radius 1 is 0.966 bits per heavy atom. The lowest BCUT2D eigenvalue weighted by Gasteiger charge is -2.34. The van der Waals surface area contributed by atoms with E-state index in [1.54, 1.807) is 30.3 Å². The first-order valence-electron chi connectivity index (χ1n) is 8.99. The van der Waals surface area contributed by atoms with E-state index < -0.39 is 10.0 Å². The smallest absolute Gasteiger partial charge is 0.246 e. The third-order valence-electron chi connectivity index (χ3n) is 4.61. The van der Waals surface area contributed by atoms with Crippen LogP contribution in [0.4, 0.5) is 5.69 Å². The number of hydrogen-bond acceptors (Lipinski definition) is 4. The topological polar surface area (TPSA) is 69.7 Å². The quantitative estimate of drug-likeness (QED) is 0.684. The molecule has 0 saturated carbocycles. The Morgan fingerprint density at radius 2 is 1.59 bits per heavy atom. The molecule has 1 amide bonds. The van der Waals surface area contributed by atoms with Gasteiger partial charge in [-0.3, -0.25) is 4.79 Å². The molecule has 0 unspecified atom stereocenters. The van der Waals surface area contributed by atoms with Gasteiger partial charge in [0.25, 0.3) is 0 Å². The first kappa shape index (κ1) is 22.3. The third-order valence-corrected chi connectivity index (χ3v) is 7.70. The molecule has 1 aliphatic rings. The molecule has 1 N–H and O–H groups in total. The Kier molecular flexibility index (Phi) is 7.42. The van der Waals surface area contributed by atoms with E-state index in [4.69, 9.17) is 34.8 Å². The van der Waals surface area contributed by atoms with Gasteiger partial charge in [-0.15, -0.1) is 0 Å². The Bertz CT molecular complexity index is 973. The number of piperazine rings is 1. The molecule has 6 nitrogen and oxygen atoms in total. The van der Waals surface area contributed by atoms with Gasteiger partial charge in [0.1, 0.15) is 4.90 Å². The second kappa shape index (κ2) is 9.64. The highest BCUT2D eigenvalue weighted by Crippen LogP contribution is 2.31. The molecular weight excluding hydrogens is 457 g/mol. The van der Waals surface area contributed by atoms with E-state index in [2.05, 4.69) is 10.2 Å². The molecule has 3 rings (SSSR count). The van der Waals surface area contributed by atoms with Crippen molar-refractivity contribution >= 4 is 56.4 Å². The van der Waals surface area contributed by atoms with Crippen molar-refractivity contribution in [2.45, 2.75) is 11.3 Å². The lowest BCUT2D eigenvalue weighted by Crippen LogP contribution is -2.49. The van der Waals surface area contributed by atoms with Gasteiger partial charge in [-0.05, 0) is 30.3 Å². The van der Waals surface area contributed by atoms with Crippen molar-refractivity contribution in [1.29, 1.82) is 0 Å². The maximum Gasteiger partial charge on any atom is 0.246 e. The molecular formula is C19H20Cl3N3O3S. The summed E-state index contributed by atoms with van der Waals surface area (Å²) in [5.41, 5.74) is 0.648. The molecule has 0 atom stereocenters. The van der Waals surface area contributed by atoms with Crippen molar-refractivity contribution in [3.8, 4) is 0 Å². The number of halogens is 3. The number of rotatable bonds is 6. The number of anilines is 1. The van der Waals surface area contributed by atoms with Crippen molar-refractivity contribution in [2.24, 2.45) is 0 Å². The maximum atomic E-state index is 12.9. The van der Waals surface area contributed by atoms with Crippen LogP contribution in [0.15, 0.2) is 47.4 Å². The molecule has 0 aliphatic carbocycles. The zero-order valence-corrected chi connectivity index (χ0v) is 18.5. The van der Waals surface area contributed by atoms with Crippen LogP contribution in [0.3, 0.4) is 0 Å². The predicted octanol–water partition coefficient (Wildman–Crippen LogP) is 3.98. The summed E-state index contributed by atoms with van der Waals surface area (Å²) in [7, 11) is -3.77. The summed E-state index contributed by atoms with van der Waals surface area (Å²) in [6, 6.07) is 11.6. The molecule has 1 fully saturated rings. The fourth-order valence-corrected chi connectivity index (χ4v) is 5.80. The number of nitrogens with zero attached hydrogens (tertiary/aromatic N) is 2. The van der Waals surface area contributed by atoms with Gasteiger partial charge in [0.05, 0.1) is 10.0 Å². The van der Waals surface area contributed by atoms with Crippen LogP contribution < -0.4 is 5.32 Å². The maximum absolute atomic E-state index is 12.9. The zero-order valence-electron chi connectivity index (χ0n) is 15.4. The molecule has 1 saturated heterocycles. The number of carbonyl (C=O) groups excluding carboxylic acids is 1. The van der Waals surface area contributed by atoms with Crippen molar-refractivity contribution < 1.29 is 13.2 Å². The Balaban J connectivity index is 1.52. The molecule has 0 radical (unpaired) electrons. The third kappa shape index (κ3) is 5.63. The van der Waals surface area contributed by atoms with Crippen molar-refractivity contribution in [1.82, 2.24) is 9.21 Å². The van der Waals surface area contributed by atoms with Gasteiger partial charge >= 0.3 is 0 Å². The Hall–Kier alpha value is -1.35. The van der Waals surface area contributed by atoms with E-state index in [0.29, 0.717) is 49.9 Å². The first-order valence-corrected chi connectivity index (χ1v) is 11.6. The molecule has 0 spiro atoms. The van der Waals surface area contributed by atoms with Gasteiger partial charge in [-0.2, -0.15) is 4.31 Å². The second-order valence-electron chi connectivity index (χ2n) is 6.61. The average Bonchev–Trinajstić information content (AvgIpc) is 2.66. The summed E-state index contributed by atoms with van der Waals surface area (Å²) in [4.78, 5) is 14.1. The SMILES string of the molecule is O=C(CCN1CCN(S(=O)(=O)c2c(Cl)cccc2Cl)CC1)Nc1cccc(Cl)c1.